The van der Waals surface area contributed by atoms with E-state index in [0.29, 0.717) is 68.0 Å². The number of hydrogen-bond acceptors (Lipinski definition) is 10. The molecule has 0 saturated carbocycles. The van der Waals surface area contributed by atoms with Crippen LogP contribution in [0.25, 0.3) is 154 Å². The Hall–Kier alpha value is -12.0. The molecule has 13 aromatic rings. The lowest BCUT2D eigenvalue weighted by Crippen LogP contribution is -2.04. The number of carboxylic acids is 4. The van der Waals surface area contributed by atoms with Crippen LogP contribution in [0.3, 0.4) is 0 Å². The zero-order valence-corrected chi connectivity index (χ0v) is 51.9. The van der Waals surface area contributed by atoms with Crippen LogP contribution < -0.4 is 18.9 Å². The summed E-state index contributed by atoms with van der Waals surface area (Å²) in [5.74, 6) is -2.11. The molecule has 0 atom stereocenters. The van der Waals surface area contributed by atoms with E-state index >= 15 is 0 Å². The maximum absolute atomic E-state index is 11.8. The van der Waals surface area contributed by atoms with Crippen molar-refractivity contribution < 1.29 is 58.6 Å². The summed E-state index contributed by atoms with van der Waals surface area (Å²) in [6.45, 7) is 0.383. The van der Waals surface area contributed by atoms with Gasteiger partial charge in [0.2, 0.25) is 0 Å². The molecule has 0 radical (unpaired) electrons. The lowest BCUT2D eigenvalue weighted by molar-refractivity contribution is -0.138. The van der Waals surface area contributed by atoms with Gasteiger partial charge in [-0.3, -0.25) is 19.2 Å². The van der Waals surface area contributed by atoms with Crippen molar-refractivity contribution in [2.45, 2.75) is 51.4 Å². The Morgan fingerprint density at radius 1 is 0.323 bits per heavy atom. The zero-order valence-electron chi connectivity index (χ0n) is 51.9. The van der Waals surface area contributed by atoms with E-state index in [2.05, 4.69) is 119 Å². The van der Waals surface area contributed by atoms with Gasteiger partial charge in [0.1, 0.15) is 23.0 Å². The standard InChI is InChI=1S/C80H62N4O12/c85-71(86)21-9-25-93-55-29-53(30-56(41-55)94-26-10-22-72(87)88)75-77-63-37-49-17-5-1-13-45(49)33-59(63)67(81-77)43-68-60-34-46-14-2-6-18-50(46)38-64(60)79(82-68)76(54-31-57(95-27-11-23-73(89)90)42-58(32-54)96-28-12-24-74(91)92)80-66-40-52-20-8-4-16-48(52)36-62(66)70(84-80)44-69-61-35-47-15-3-7-19-51(47)39-65(61)78(75)83-69/h1-8,13-20,29-44,81,84H,9-12,21-28H2,(H,85,86)(H,87,88)(H,89,90)(H,91,92). The van der Waals surface area contributed by atoms with E-state index in [1.165, 1.54) is 0 Å². The highest BCUT2D eigenvalue weighted by molar-refractivity contribution is 6.21. The maximum atomic E-state index is 11.8. The Morgan fingerprint density at radius 3 is 0.885 bits per heavy atom. The highest BCUT2D eigenvalue weighted by Gasteiger charge is 2.29. The summed E-state index contributed by atoms with van der Waals surface area (Å²) < 4.78 is 25.8. The van der Waals surface area contributed by atoms with Crippen LogP contribution in [0.15, 0.2) is 194 Å². The molecule has 8 bridgehead atoms. The van der Waals surface area contributed by atoms with Crippen molar-refractivity contribution in [3.8, 4) is 90.3 Å². The number of nitrogens with zero attached hydrogens (tertiary/aromatic N) is 2. The molecule has 474 valence electrons. The van der Waals surface area contributed by atoms with Crippen LogP contribution >= 0.6 is 0 Å². The van der Waals surface area contributed by atoms with Crippen molar-refractivity contribution in [2.24, 2.45) is 0 Å². The van der Waals surface area contributed by atoms with Gasteiger partial charge in [-0.05, 0) is 165 Å². The highest BCUT2D eigenvalue weighted by atomic mass is 16.5. The van der Waals surface area contributed by atoms with Crippen LogP contribution in [0.4, 0.5) is 0 Å². The van der Waals surface area contributed by atoms with Crippen LogP contribution in [0.5, 0.6) is 23.0 Å². The van der Waals surface area contributed by atoms with Crippen molar-refractivity contribution >= 4 is 111 Å². The Kier molecular flexibility index (Phi) is 16.0. The number of aromatic nitrogens is 4. The molecular formula is C80H62N4O12. The van der Waals surface area contributed by atoms with Crippen molar-refractivity contribution in [1.82, 2.24) is 19.9 Å². The molecule has 16 nitrogen and oxygen atoms in total. The molecule has 0 aliphatic carbocycles. The molecule has 0 spiro atoms. The minimum absolute atomic E-state index is 0.0957. The summed E-state index contributed by atoms with van der Waals surface area (Å²) in [4.78, 5) is 66.8. The first-order chi connectivity index (χ1) is 46.8. The molecule has 0 unspecified atom stereocenters. The summed E-state index contributed by atoms with van der Waals surface area (Å²) in [5, 5.41) is 50.0. The molecule has 2 aliphatic rings. The molecule has 0 saturated heterocycles. The quantitative estimate of drug-likeness (QED) is 0.0346. The zero-order chi connectivity index (χ0) is 65.6. The summed E-state index contributed by atoms with van der Waals surface area (Å²) in [6.07, 6.45) is 0.588. The summed E-state index contributed by atoms with van der Waals surface area (Å²) >= 11 is 0. The fourth-order valence-corrected chi connectivity index (χ4v) is 13.4. The largest absolute Gasteiger partial charge is 0.493 e. The monoisotopic (exact) mass is 1270 g/mol. The third-order valence-corrected chi connectivity index (χ3v) is 17.8. The SMILES string of the molecule is O=C(O)CCCOc1cc(OCCCC(=O)O)cc(-c2c3nc(cc4[nH]c(c(-c5cc(OCCCC(=O)O)cc(OCCCC(=O)O)c5)c5nc(cc6[nH]c2c2cc7ccccc7cc62)-c2cc6ccccc6cc2-5)c2cc5ccccc5cc42)-c2cc4ccccc4cc2-3)c1. The normalized spacial score (nSPS) is 11.8. The van der Waals surface area contributed by atoms with Gasteiger partial charge in [-0.1, -0.05) is 97.1 Å². The second kappa shape index (κ2) is 25.5. The first-order valence-electron chi connectivity index (χ1n) is 32.0. The number of ether oxygens (including phenoxy) is 4. The highest BCUT2D eigenvalue weighted by Crippen LogP contribution is 2.51. The minimum Gasteiger partial charge on any atom is -0.493 e. The second-order valence-corrected chi connectivity index (χ2v) is 24.3. The third-order valence-electron chi connectivity index (χ3n) is 17.8. The van der Waals surface area contributed by atoms with Gasteiger partial charge in [-0.2, -0.15) is 0 Å². The Labute approximate surface area is 548 Å². The first-order valence-corrected chi connectivity index (χ1v) is 32.0. The molecule has 15 rings (SSSR count). The first kappa shape index (κ1) is 60.2. The summed E-state index contributed by atoms with van der Waals surface area (Å²) in [6, 6.07) is 65.9. The van der Waals surface area contributed by atoms with Gasteiger partial charge in [0, 0.05) is 104 Å². The van der Waals surface area contributed by atoms with Crippen molar-refractivity contribution in [1.29, 1.82) is 0 Å². The van der Waals surface area contributed by atoms with Gasteiger partial charge in [0.15, 0.2) is 0 Å². The summed E-state index contributed by atoms with van der Waals surface area (Å²) in [5.41, 5.74) is 11.6. The molecule has 0 fully saturated rings. The fraction of sp³-hybridized carbons (Fsp3) is 0.150. The Bertz CT molecular complexity index is 5130. The minimum atomic E-state index is -0.940. The number of fused-ring (bicyclic) bond motifs is 24. The number of benzene rings is 10. The van der Waals surface area contributed by atoms with Gasteiger partial charge in [-0.15, -0.1) is 0 Å². The van der Waals surface area contributed by atoms with E-state index in [0.717, 1.165) is 109 Å². The Morgan fingerprint density at radius 2 is 0.594 bits per heavy atom. The second-order valence-electron chi connectivity index (χ2n) is 24.3. The van der Waals surface area contributed by atoms with Crippen molar-refractivity contribution in [3.05, 3.63) is 194 Å². The van der Waals surface area contributed by atoms with Gasteiger partial charge < -0.3 is 49.3 Å². The number of nitrogens with one attached hydrogen (secondary N) is 2. The average molecular weight is 1270 g/mol. The Balaban J connectivity index is 1.12. The van der Waals surface area contributed by atoms with Crippen LogP contribution in [-0.4, -0.2) is 90.7 Å². The van der Waals surface area contributed by atoms with E-state index in [1.54, 1.807) is 12.1 Å². The van der Waals surface area contributed by atoms with E-state index in [1.807, 2.05) is 72.8 Å². The number of aliphatic carboxylic acids is 4. The lowest BCUT2D eigenvalue weighted by atomic mass is 9.93. The number of carboxylic acid groups (broad SMARTS) is 4. The van der Waals surface area contributed by atoms with Crippen LogP contribution in [0, 0.1) is 0 Å². The van der Waals surface area contributed by atoms with Gasteiger partial charge in [0.25, 0.3) is 0 Å². The lowest BCUT2D eigenvalue weighted by Gasteiger charge is -2.14. The van der Waals surface area contributed by atoms with Crippen LogP contribution in [0.1, 0.15) is 51.4 Å². The number of aromatic amines is 2. The fourth-order valence-electron chi connectivity index (χ4n) is 13.4. The smallest absolute Gasteiger partial charge is 0.303 e. The molecule has 0 amide bonds. The van der Waals surface area contributed by atoms with E-state index in [-0.39, 0.29) is 77.8 Å². The third kappa shape index (κ3) is 12.0. The van der Waals surface area contributed by atoms with Crippen molar-refractivity contribution in [2.75, 3.05) is 26.4 Å². The topological polar surface area (TPSA) is 243 Å². The average Bonchev–Trinajstić information content (AvgIpc) is 1.56. The molecule has 6 N–H and O–H groups in total. The predicted molar refractivity (Wildman–Crippen MR) is 375 cm³/mol. The van der Waals surface area contributed by atoms with Crippen molar-refractivity contribution in [3.63, 3.8) is 0 Å². The molecule has 5 heterocycles. The maximum Gasteiger partial charge on any atom is 0.303 e. The number of rotatable bonds is 22. The van der Waals surface area contributed by atoms with Gasteiger partial charge >= 0.3 is 23.9 Å². The van der Waals surface area contributed by atoms with E-state index in [9.17, 15) is 39.6 Å². The van der Waals surface area contributed by atoms with E-state index < -0.39 is 23.9 Å². The summed E-state index contributed by atoms with van der Waals surface area (Å²) in [7, 11) is 0. The molecule has 16 heteroatoms. The molecular weight excluding hydrogens is 1210 g/mol. The van der Waals surface area contributed by atoms with E-state index in [4.69, 9.17) is 28.9 Å². The molecule has 96 heavy (non-hydrogen) atoms. The number of carbonyl (C=O) groups is 4. The molecule has 3 aromatic heterocycles. The molecule has 2 aliphatic heterocycles. The van der Waals surface area contributed by atoms with Gasteiger partial charge in [0.05, 0.1) is 60.2 Å². The number of H-pyrrole nitrogens is 2. The van der Waals surface area contributed by atoms with Crippen LogP contribution in [-0.2, 0) is 19.2 Å². The number of hydrogen-bond donors (Lipinski definition) is 6. The van der Waals surface area contributed by atoms with Crippen LogP contribution in [0.2, 0.25) is 0 Å². The predicted octanol–water partition coefficient (Wildman–Crippen LogP) is 18.2. The van der Waals surface area contributed by atoms with Gasteiger partial charge in [-0.25, -0.2) is 9.97 Å². The molecule has 10 aromatic carbocycles.